The zero-order valence-corrected chi connectivity index (χ0v) is 19.9. The van der Waals surface area contributed by atoms with E-state index < -0.39 is 0 Å². The van der Waals surface area contributed by atoms with Gasteiger partial charge in [-0.05, 0) is 44.0 Å². The Kier molecular flexibility index (Phi) is 6.47. The van der Waals surface area contributed by atoms with Crippen molar-refractivity contribution in [3.8, 4) is 11.5 Å². The number of nitrogens with zero attached hydrogens (tertiary/aromatic N) is 5. The average Bonchev–Trinajstić information content (AvgIpc) is 3.50. The van der Waals surface area contributed by atoms with Crippen molar-refractivity contribution in [2.45, 2.75) is 32.4 Å². The molecule has 4 aromatic rings. The highest BCUT2D eigenvalue weighted by atomic mass is 16.5. The number of nitrogens with one attached hydrogen (secondary N) is 1. The van der Waals surface area contributed by atoms with Gasteiger partial charge in [0.2, 0.25) is 5.89 Å². The number of fused-ring (bicyclic) bond motifs is 1. The minimum absolute atomic E-state index is 0.200. The molecule has 1 fully saturated rings. The van der Waals surface area contributed by atoms with E-state index in [-0.39, 0.29) is 17.6 Å². The number of anilines is 2. The van der Waals surface area contributed by atoms with Gasteiger partial charge in [0, 0.05) is 49.1 Å². The van der Waals surface area contributed by atoms with E-state index in [1.54, 1.807) is 25.6 Å². The fourth-order valence-corrected chi connectivity index (χ4v) is 4.35. The second-order valence-electron chi connectivity index (χ2n) is 8.79. The molecule has 5 rings (SSSR count). The Morgan fingerprint density at radius 3 is 2.89 bits per heavy atom. The van der Waals surface area contributed by atoms with Crippen LogP contribution in [-0.2, 0) is 11.3 Å². The number of pyridine rings is 1. The number of ether oxygens (including phenoxy) is 1. The number of nitrogens with two attached hydrogens (primary N) is 1. The molecule has 0 saturated carbocycles. The van der Waals surface area contributed by atoms with Gasteiger partial charge in [0.15, 0.2) is 5.69 Å². The summed E-state index contributed by atoms with van der Waals surface area (Å²) in [7, 11) is 1.67. The lowest BCUT2D eigenvalue weighted by molar-refractivity contribution is 0.102. The van der Waals surface area contributed by atoms with Crippen molar-refractivity contribution in [2.75, 3.05) is 37.0 Å². The molecule has 1 aliphatic rings. The molecule has 3 aromatic heterocycles. The maximum atomic E-state index is 13.2. The van der Waals surface area contributed by atoms with Crippen LogP contribution in [0.5, 0.6) is 0 Å². The summed E-state index contributed by atoms with van der Waals surface area (Å²) in [4.78, 5) is 24.0. The van der Waals surface area contributed by atoms with Crippen LogP contribution in [-0.4, -0.2) is 58.5 Å². The maximum Gasteiger partial charge on any atom is 0.277 e. The van der Waals surface area contributed by atoms with E-state index in [9.17, 15) is 4.79 Å². The van der Waals surface area contributed by atoms with Crippen LogP contribution in [0.4, 0.5) is 11.4 Å². The molecule has 0 unspecified atom stereocenters. The molecule has 0 spiro atoms. The third kappa shape index (κ3) is 4.89. The van der Waals surface area contributed by atoms with Crippen LogP contribution in [0.15, 0.2) is 47.3 Å². The molecular formula is C25H29N7O3. The van der Waals surface area contributed by atoms with Crippen molar-refractivity contribution < 1.29 is 13.9 Å². The largest absolute Gasteiger partial charge is 0.444 e. The number of carbonyl (C=O) groups is 1. The van der Waals surface area contributed by atoms with Crippen molar-refractivity contribution in [3.63, 3.8) is 0 Å². The third-order valence-electron chi connectivity index (χ3n) is 6.28. The third-order valence-corrected chi connectivity index (χ3v) is 6.28. The number of aromatic nitrogens is 4. The number of oxazole rings is 1. The molecule has 4 heterocycles. The first-order chi connectivity index (χ1) is 17.0. The Morgan fingerprint density at radius 2 is 2.11 bits per heavy atom. The lowest BCUT2D eigenvalue weighted by atomic mass is 10.0. The van der Waals surface area contributed by atoms with Crippen molar-refractivity contribution in [3.05, 3.63) is 54.3 Å². The summed E-state index contributed by atoms with van der Waals surface area (Å²) in [5.41, 5.74) is 10.6. The van der Waals surface area contributed by atoms with Crippen molar-refractivity contribution in [1.82, 2.24) is 19.7 Å². The van der Waals surface area contributed by atoms with Gasteiger partial charge in [-0.25, -0.2) is 4.98 Å². The molecule has 0 bridgehead atoms. The van der Waals surface area contributed by atoms with E-state index in [0.717, 1.165) is 53.8 Å². The molecule has 1 saturated heterocycles. The first kappa shape index (κ1) is 23.0. The molecule has 1 amide bonds. The van der Waals surface area contributed by atoms with Crippen LogP contribution in [0.2, 0.25) is 0 Å². The van der Waals surface area contributed by atoms with Gasteiger partial charge in [0.1, 0.15) is 6.26 Å². The molecule has 1 aromatic carbocycles. The van der Waals surface area contributed by atoms with E-state index in [1.807, 2.05) is 23.7 Å². The SMILES string of the molecule is COCCn1ncc2cc(NC(=O)c3coc(-c4ccnc(C)c4)n3)c(N3CCC(N)CC3)cc21. The maximum absolute atomic E-state index is 13.2. The second kappa shape index (κ2) is 9.85. The van der Waals surface area contributed by atoms with E-state index in [2.05, 4.69) is 31.3 Å². The summed E-state index contributed by atoms with van der Waals surface area (Å²) in [6.07, 6.45) is 6.66. The van der Waals surface area contributed by atoms with Gasteiger partial charge < -0.3 is 25.1 Å². The van der Waals surface area contributed by atoms with E-state index in [0.29, 0.717) is 24.7 Å². The van der Waals surface area contributed by atoms with Gasteiger partial charge in [0.05, 0.1) is 36.2 Å². The lowest BCUT2D eigenvalue weighted by Gasteiger charge is -2.33. The molecule has 0 aliphatic carbocycles. The normalized spacial score (nSPS) is 14.5. The molecule has 3 N–H and O–H groups in total. The Labute approximate surface area is 203 Å². The Hall–Kier alpha value is -3.76. The zero-order valence-electron chi connectivity index (χ0n) is 19.9. The number of rotatable bonds is 7. The molecule has 0 atom stereocenters. The quantitative estimate of drug-likeness (QED) is 0.417. The topological polar surface area (TPSA) is 124 Å². The predicted octanol–water partition coefficient (Wildman–Crippen LogP) is 3.22. The van der Waals surface area contributed by atoms with Crippen molar-refractivity contribution in [2.24, 2.45) is 5.73 Å². The summed E-state index contributed by atoms with van der Waals surface area (Å²) >= 11 is 0. The van der Waals surface area contributed by atoms with Gasteiger partial charge >= 0.3 is 0 Å². The highest BCUT2D eigenvalue weighted by molar-refractivity contribution is 6.06. The highest BCUT2D eigenvalue weighted by Crippen LogP contribution is 2.34. The Bertz CT molecular complexity index is 1340. The number of hydrogen-bond acceptors (Lipinski definition) is 8. The number of aryl methyl sites for hydroxylation is 1. The first-order valence-corrected chi connectivity index (χ1v) is 11.7. The summed E-state index contributed by atoms with van der Waals surface area (Å²) in [5, 5.41) is 8.49. The monoisotopic (exact) mass is 475 g/mol. The zero-order chi connectivity index (χ0) is 24.4. The fraction of sp³-hybridized carbons (Fsp3) is 0.360. The van der Waals surface area contributed by atoms with E-state index in [1.165, 1.54) is 6.26 Å². The van der Waals surface area contributed by atoms with Gasteiger partial charge in [-0.15, -0.1) is 0 Å². The summed E-state index contributed by atoms with van der Waals surface area (Å²) in [6, 6.07) is 7.90. The predicted molar refractivity (Wildman–Crippen MR) is 133 cm³/mol. The molecule has 1 aliphatic heterocycles. The van der Waals surface area contributed by atoms with Crippen molar-refractivity contribution in [1.29, 1.82) is 0 Å². The number of amides is 1. The Morgan fingerprint density at radius 1 is 1.29 bits per heavy atom. The van der Waals surface area contributed by atoms with Crippen LogP contribution in [0, 0.1) is 6.92 Å². The van der Waals surface area contributed by atoms with Crippen LogP contribution >= 0.6 is 0 Å². The number of benzene rings is 1. The summed E-state index contributed by atoms with van der Waals surface area (Å²) < 4.78 is 12.7. The molecule has 182 valence electrons. The molecule has 10 nitrogen and oxygen atoms in total. The van der Waals surface area contributed by atoms with Gasteiger partial charge in [-0.1, -0.05) is 0 Å². The standard InChI is InChI=1S/C25H29N7O3/c1-16-11-17(3-6-27-16)25-30-21(15-35-25)24(33)29-20-12-18-14-28-32(9-10-34-2)22(18)13-23(20)31-7-4-19(26)5-8-31/h3,6,11-15,19H,4-5,7-10,26H2,1-2H3,(H,29,33). The van der Waals surface area contributed by atoms with Gasteiger partial charge in [-0.2, -0.15) is 5.10 Å². The number of hydrogen-bond donors (Lipinski definition) is 2. The van der Waals surface area contributed by atoms with Crippen LogP contribution in [0.3, 0.4) is 0 Å². The number of piperidine rings is 1. The van der Waals surface area contributed by atoms with Gasteiger partial charge in [-0.3, -0.25) is 14.5 Å². The molecular weight excluding hydrogens is 446 g/mol. The smallest absolute Gasteiger partial charge is 0.277 e. The van der Waals surface area contributed by atoms with Crippen LogP contribution < -0.4 is 16.0 Å². The number of carbonyl (C=O) groups excluding carboxylic acids is 1. The highest BCUT2D eigenvalue weighted by Gasteiger charge is 2.22. The Balaban J connectivity index is 1.45. The van der Waals surface area contributed by atoms with E-state index >= 15 is 0 Å². The second-order valence-corrected chi connectivity index (χ2v) is 8.79. The molecule has 35 heavy (non-hydrogen) atoms. The molecule has 10 heteroatoms. The summed E-state index contributed by atoms with van der Waals surface area (Å²) in [5.74, 6) is 0.0348. The first-order valence-electron chi connectivity index (χ1n) is 11.7. The lowest BCUT2D eigenvalue weighted by Crippen LogP contribution is -2.40. The molecule has 0 radical (unpaired) electrons. The minimum Gasteiger partial charge on any atom is -0.444 e. The average molecular weight is 476 g/mol. The van der Waals surface area contributed by atoms with Gasteiger partial charge in [0.25, 0.3) is 5.91 Å². The summed E-state index contributed by atoms with van der Waals surface area (Å²) in [6.45, 7) is 4.73. The van der Waals surface area contributed by atoms with E-state index in [4.69, 9.17) is 14.9 Å². The van der Waals surface area contributed by atoms with Crippen LogP contribution in [0.25, 0.3) is 22.4 Å². The minimum atomic E-state index is -0.341. The van der Waals surface area contributed by atoms with Crippen LogP contribution in [0.1, 0.15) is 29.0 Å². The fourth-order valence-electron chi connectivity index (χ4n) is 4.35. The number of methoxy groups -OCH3 is 1. The van der Waals surface area contributed by atoms with Crippen molar-refractivity contribution >= 4 is 28.2 Å².